The van der Waals surface area contributed by atoms with E-state index in [1.54, 1.807) is 6.07 Å². The van der Waals surface area contributed by atoms with Gasteiger partial charge in [0.25, 0.3) is 11.8 Å². The van der Waals surface area contributed by atoms with Crippen LogP contribution in [0.3, 0.4) is 0 Å². The van der Waals surface area contributed by atoms with Gasteiger partial charge in [0, 0.05) is 13.0 Å². The number of rotatable bonds is 1. The maximum Gasteiger partial charge on any atom is 0.262 e. The third-order valence-corrected chi connectivity index (χ3v) is 4.69. The Hall–Kier alpha value is -2.54. The molecule has 0 radical (unpaired) electrons. The van der Waals surface area contributed by atoms with E-state index in [-0.39, 0.29) is 18.7 Å². The fourth-order valence-corrected chi connectivity index (χ4v) is 3.54. The van der Waals surface area contributed by atoms with Crippen molar-refractivity contribution in [2.24, 2.45) is 0 Å². The first-order valence-corrected chi connectivity index (χ1v) is 7.65. The molecule has 0 aromatic heterocycles. The van der Waals surface area contributed by atoms with Crippen molar-refractivity contribution in [2.75, 3.05) is 6.54 Å². The predicted molar refractivity (Wildman–Crippen MR) is 78.5 cm³/mol. The highest BCUT2D eigenvalue weighted by molar-refractivity contribution is 6.24. The van der Waals surface area contributed by atoms with E-state index in [0.717, 1.165) is 29.0 Å². The Morgan fingerprint density at radius 2 is 1.87 bits per heavy atom. The second-order valence-corrected chi connectivity index (χ2v) is 6.00. The molecule has 1 aromatic rings. The van der Waals surface area contributed by atoms with Crippen molar-refractivity contribution in [1.29, 1.82) is 0 Å². The van der Waals surface area contributed by atoms with Crippen LogP contribution in [0.1, 0.15) is 44.7 Å². The van der Waals surface area contributed by atoms with Gasteiger partial charge in [0.15, 0.2) is 0 Å². The van der Waals surface area contributed by atoms with Crippen LogP contribution in [0.15, 0.2) is 12.1 Å². The molecule has 0 spiro atoms. The van der Waals surface area contributed by atoms with Gasteiger partial charge in [-0.2, -0.15) is 0 Å². The number of nitrogens with zero attached hydrogens (tertiary/aromatic N) is 1. The Balaban J connectivity index is 1.75. The first-order valence-electron chi connectivity index (χ1n) is 7.65. The first kappa shape index (κ1) is 14.1. The molecule has 1 aromatic carbocycles. The number of amides is 4. The maximum atomic E-state index is 12.8. The van der Waals surface area contributed by atoms with E-state index in [9.17, 15) is 19.2 Å². The number of imide groups is 2. The van der Waals surface area contributed by atoms with Gasteiger partial charge in [-0.3, -0.25) is 29.4 Å². The second-order valence-electron chi connectivity index (χ2n) is 6.00. The quantitative estimate of drug-likeness (QED) is 0.696. The Bertz CT molecular complexity index is 771. The predicted octanol–water partition coefficient (Wildman–Crippen LogP) is -0.266. The van der Waals surface area contributed by atoms with Crippen molar-refractivity contribution in [3.63, 3.8) is 0 Å². The molecule has 4 rings (SSSR count). The Labute approximate surface area is 132 Å². The van der Waals surface area contributed by atoms with Gasteiger partial charge in [-0.05, 0) is 36.6 Å². The van der Waals surface area contributed by atoms with Crippen LogP contribution in [0, 0.1) is 0 Å². The van der Waals surface area contributed by atoms with Crippen LogP contribution < -0.4 is 10.6 Å². The highest BCUT2D eigenvalue weighted by Gasteiger charge is 2.45. The average molecular weight is 313 g/mol. The van der Waals surface area contributed by atoms with Gasteiger partial charge in [0.1, 0.15) is 6.04 Å². The lowest BCUT2D eigenvalue weighted by molar-refractivity contribution is -0.136. The van der Waals surface area contributed by atoms with Gasteiger partial charge < -0.3 is 5.32 Å². The van der Waals surface area contributed by atoms with Crippen LogP contribution in [-0.4, -0.2) is 41.1 Å². The van der Waals surface area contributed by atoms with Crippen LogP contribution in [0.2, 0.25) is 0 Å². The summed E-state index contributed by atoms with van der Waals surface area (Å²) in [6, 6.07) is 2.65. The normalized spacial score (nSPS) is 23.7. The molecule has 3 aliphatic rings. The molecule has 7 heteroatoms. The highest BCUT2D eigenvalue weighted by Crippen LogP contribution is 2.32. The molecule has 2 N–H and O–H groups in total. The minimum atomic E-state index is -0.910. The van der Waals surface area contributed by atoms with E-state index in [1.807, 2.05) is 6.07 Å². The maximum absolute atomic E-state index is 12.8. The van der Waals surface area contributed by atoms with Gasteiger partial charge >= 0.3 is 0 Å². The molecule has 23 heavy (non-hydrogen) atoms. The summed E-state index contributed by atoms with van der Waals surface area (Å²) in [5.41, 5.74) is 2.67. The van der Waals surface area contributed by atoms with Crippen LogP contribution in [0.25, 0.3) is 0 Å². The van der Waals surface area contributed by atoms with Gasteiger partial charge in [0.2, 0.25) is 11.8 Å². The molecule has 0 bridgehead atoms. The van der Waals surface area contributed by atoms with E-state index >= 15 is 0 Å². The van der Waals surface area contributed by atoms with Crippen LogP contribution in [0.4, 0.5) is 0 Å². The van der Waals surface area contributed by atoms with Crippen molar-refractivity contribution in [2.45, 2.75) is 31.8 Å². The number of carbonyl (C=O) groups is 4. The average Bonchev–Trinajstić information content (AvgIpc) is 2.80. The summed E-state index contributed by atoms with van der Waals surface area (Å²) in [6.07, 6.45) is 1.11. The fraction of sp³-hybridized carbons (Fsp3) is 0.375. The highest BCUT2D eigenvalue weighted by atomic mass is 16.2. The molecule has 1 atom stereocenters. The standard InChI is InChI=1S/C16H15N3O4/c20-12-4-3-11(14(21)18-12)19-15(22)9-2-1-8-5-6-17-7-10(8)13(9)16(19)23/h1-2,11,17H,3-7H2,(H,18,20,21). The van der Waals surface area contributed by atoms with Crippen molar-refractivity contribution >= 4 is 23.6 Å². The van der Waals surface area contributed by atoms with E-state index in [2.05, 4.69) is 10.6 Å². The monoisotopic (exact) mass is 313 g/mol. The summed E-state index contributed by atoms with van der Waals surface area (Å²) in [5, 5.41) is 5.41. The largest absolute Gasteiger partial charge is 0.312 e. The number of carbonyl (C=O) groups excluding carboxylic acids is 4. The number of benzene rings is 1. The number of fused-ring (bicyclic) bond motifs is 3. The zero-order chi connectivity index (χ0) is 16.1. The van der Waals surface area contributed by atoms with Crippen molar-refractivity contribution in [3.05, 3.63) is 34.4 Å². The van der Waals surface area contributed by atoms with Crippen molar-refractivity contribution < 1.29 is 19.2 Å². The number of nitrogens with one attached hydrogen (secondary N) is 2. The molecule has 4 amide bonds. The molecule has 1 unspecified atom stereocenters. The van der Waals surface area contributed by atoms with Gasteiger partial charge in [-0.1, -0.05) is 6.07 Å². The van der Waals surface area contributed by atoms with Gasteiger partial charge in [0.05, 0.1) is 11.1 Å². The smallest absolute Gasteiger partial charge is 0.262 e. The second kappa shape index (κ2) is 4.99. The van der Waals surface area contributed by atoms with E-state index in [1.165, 1.54) is 0 Å². The third-order valence-electron chi connectivity index (χ3n) is 4.69. The Morgan fingerprint density at radius 1 is 1.04 bits per heavy atom. The van der Waals surface area contributed by atoms with Crippen LogP contribution in [0.5, 0.6) is 0 Å². The molecule has 0 aliphatic carbocycles. The van der Waals surface area contributed by atoms with Crippen LogP contribution >= 0.6 is 0 Å². The summed E-state index contributed by atoms with van der Waals surface area (Å²) >= 11 is 0. The molecule has 7 nitrogen and oxygen atoms in total. The number of hydrogen-bond donors (Lipinski definition) is 2. The summed E-state index contributed by atoms with van der Waals surface area (Å²) < 4.78 is 0. The Morgan fingerprint density at radius 3 is 2.65 bits per heavy atom. The molecule has 3 heterocycles. The zero-order valence-electron chi connectivity index (χ0n) is 12.3. The van der Waals surface area contributed by atoms with Crippen molar-refractivity contribution in [3.8, 4) is 0 Å². The molecule has 118 valence electrons. The topological polar surface area (TPSA) is 95.6 Å². The summed E-state index contributed by atoms with van der Waals surface area (Å²) in [5.74, 6) is -1.83. The van der Waals surface area contributed by atoms with E-state index < -0.39 is 23.8 Å². The minimum absolute atomic E-state index is 0.128. The molecule has 0 saturated carbocycles. The zero-order valence-corrected chi connectivity index (χ0v) is 12.3. The minimum Gasteiger partial charge on any atom is -0.312 e. The van der Waals surface area contributed by atoms with Gasteiger partial charge in [-0.25, -0.2) is 0 Å². The first-order chi connectivity index (χ1) is 11.1. The van der Waals surface area contributed by atoms with E-state index in [4.69, 9.17) is 0 Å². The number of hydrogen-bond acceptors (Lipinski definition) is 5. The number of piperidine rings is 1. The fourth-order valence-electron chi connectivity index (χ4n) is 3.54. The molecule has 3 aliphatic heterocycles. The summed E-state index contributed by atoms with van der Waals surface area (Å²) in [4.78, 5) is 49.8. The SMILES string of the molecule is O=C1CCC(N2C(=O)c3ccc4c(c3C2=O)CNCC4)C(=O)N1. The molecular formula is C16H15N3O4. The summed E-state index contributed by atoms with van der Waals surface area (Å²) in [6.45, 7) is 1.38. The molecule has 1 saturated heterocycles. The summed E-state index contributed by atoms with van der Waals surface area (Å²) in [7, 11) is 0. The molecular weight excluding hydrogens is 298 g/mol. The van der Waals surface area contributed by atoms with Gasteiger partial charge in [-0.15, -0.1) is 0 Å². The lowest BCUT2D eigenvalue weighted by atomic mass is 9.93. The lowest BCUT2D eigenvalue weighted by Crippen LogP contribution is -2.54. The van der Waals surface area contributed by atoms with E-state index in [0.29, 0.717) is 17.7 Å². The molecule has 1 fully saturated rings. The Kier molecular flexibility index (Phi) is 3.05. The lowest BCUT2D eigenvalue weighted by Gasteiger charge is -2.28. The van der Waals surface area contributed by atoms with Crippen LogP contribution in [-0.2, 0) is 22.6 Å². The van der Waals surface area contributed by atoms with Crippen molar-refractivity contribution in [1.82, 2.24) is 15.5 Å². The third kappa shape index (κ3) is 2.00.